The topological polar surface area (TPSA) is 43.8 Å². The summed E-state index contributed by atoms with van der Waals surface area (Å²) in [5, 5.41) is 9.97. The SMILES string of the molecule is CC(C)(O)CCc1cccc(C(=O)N2CCCC[C@@H]2CCN2CCCC2)c1. The zero-order valence-corrected chi connectivity index (χ0v) is 17.1. The molecule has 1 aromatic carbocycles. The summed E-state index contributed by atoms with van der Waals surface area (Å²) < 4.78 is 0. The maximum Gasteiger partial charge on any atom is 0.254 e. The maximum absolute atomic E-state index is 13.2. The summed E-state index contributed by atoms with van der Waals surface area (Å²) in [6.45, 7) is 8.13. The maximum atomic E-state index is 13.2. The number of amides is 1. The Kier molecular flexibility index (Phi) is 6.93. The monoisotopic (exact) mass is 372 g/mol. The third-order valence-corrected chi connectivity index (χ3v) is 6.06. The van der Waals surface area contributed by atoms with Gasteiger partial charge in [-0.3, -0.25) is 4.79 Å². The van der Waals surface area contributed by atoms with Crippen molar-refractivity contribution in [2.75, 3.05) is 26.2 Å². The third-order valence-electron chi connectivity index (χ3n) is 6.06. The number of hydrogen-bond acceptors (Lipinski definition) is 3. The quantitative estimate of drug-likeness (QED) is 0.790. The van der Waals surface area contributed by atoms with E-state index in [0.29, 0.717) is 12.5 Å². The van der Waals surface area contributed by atoms with Crippen LogP contribution in [0.2, 0.25) is 0 Å². The van der Waals surface area contributed by atoms with E-state index < -0.39 is 5.60 Å². The zero-order chi connectivity index (χ0) is 19.3. The van der Waals surface area contributed by atoms with Gasteiger partial charge in [0.1, 0.15) is 0 Å². The molecule has 0 spiro atoms. The van der Waals surface area contributed by atoms with Crippen molar-refractivity contribution in [3.63, 3.8) is 0 Å². The van der Waals surface area contributed by atoms with Crippen LogP contribution in [-0.2, 0) is 6.42 Å². The first-order valence-electron chi connectivity index (χ1n) is 10.8. The molecule has 0 bridgehead atoms. The van der Waals surface area contributed by atoms with E-state index in [-0.39, 0.29) is 5.91 Å². The lowest BCUT2D eigenvalue weighted by Crippen LogP contribution is -2.45. The minimum absolute atomic E-state index is 0.186. The highest BCUT2D eigenvalue weighted by Crippen LogP contribution is 2.24. The van der Waals surface area contributed by atoms with Crippen LogP contribution in [0, 0.1) is 0 Å². The van der Waals surface area contributed by atoms with Gasteiger partial charge in [0.2, 0.25) is 0 Å². The second-order valence-electron chi connectivity index (χ2n) is 9.00. The van der Waals surface area contributed by atoms with Crippen molar-refractivity contribution in [2.24, 2.45) is 0 Å². The molecule has 1 aromatic rings. The first kappa shape index (κ1) is 20.3. The molecule has 1 atom stereocenters. The molecule has 2 heterocycles. The van der Waals surface area contributed by atoms with E-state index >= 15 is 0 Å². The van der Waals surface area contributed by atoms with Gasteiger partial charge in [0.05, 0.1) is 5.60 Å². The molecule has 0 saturated carbocycles. The first-order chi connectivity index (χ1) is 12.9. The number of likely N-dealkylation sites (tertiary alicyclic amines) is 2. The van der Waals surface area contributed by atoms with Crippen LogP contribution in [0.15, 0.2) is 24.3 Å². The fourth-order valence-electron chi connectivity index (χ4n) is 4.38. The number of carbonyl (C=O) groups excluding carboxylic acids is 1. The number of piperidine rings is 1. The molecule has 2 saturated heterocycles. The fraction of sp³-hybridized carbons (Fsp3) is 0.696. The van der Waals surface area contributed by atoms with Crippen molar-refractivity contribution in [2.45, 2.75) is 76.9 Å². The molecule has 2 aliphatic heterocycles. The molecular formula is C23H36N2O2. The van der Waals surface area contributed by atoms with E-state index in [0.717, 1.165) is 49.9 Å². The minimum Gasteiger partial charge on any atom is -0.390 e. The summed E-state index contributed by atoms with van der Waals surface area (Å²) in [5.41, 5.74) is 1.26. The molecule has 150 valence electrons. The summed E-state index contributed by atoms with van der Waals surface area (Å²) in [5.74, 6) is 0.186. The number of aryl methyl sites for hydroxylation is 1. The van der Waals surface area contributed by atoms with Gasteiger partial charge in [0, 0.05) is 24.7 Å². The van der Waals surface area contributed by atoms with Crippen LogP contribution < -0.4 is 0 Å². The molecule has 4 heteroatoms. The smallest absolute Gasteiger partial charge is 0.254 e. The van der Waals surface area contributed by atoms with Crippen LogP contribution in [-0.4, -0.2) is 58.6 Å². The number of benzene rings is 1. The average molecular weight is 373 g/mol. The summed E-state index contributed by atoms with van der Waals surface area (Å²) in [6, 6.07) is 8.40. The standard InChI is InChI=1S/C23H36N2O2/c1-23(2,27)13-11-19-8-7-9-20(18-19)22(26)25-16-4-3-10-21(25)12-17-24-14-5-6-15-24/h7-9,18,21,27H,3-6,10-17H2,1-2H3/t21-/m1/s1. The summed E-state index contributed by atoms with van der Waals surface area (Å²) in [7, 11) is 0. The van der Waals surface area contributed by atoms with Crippen molar-refractivity contribution in [1.29, 1.82) is 0 Å². The molecular weight excluding hydrogens is 336 g/mol. The highest BCUT2D eigenvalue weighted by molar-refractivity contribution is 5.94. The highest BCUT2D eigenvalue weighted by atomic mass is 16.3. The summed E-state index contributed by atoms with van der Waals surface area (Å²) in [6.07, 6.45) is 8.73. The van der Waals surface area contributed by atoms with Gasteiger partial charge in [-0.2, -0.15) is 0 Å². The molecule has 0 radical (unpaired) electrons. The molecule has 2 aliphatic rings. The number of rotatable bonds is 7. The largest absolute Gasteiger partial charge is 0.390 e. The molecule has 3 rings (SSSR count). The number of nitrogens with zero attached hydrogens (tertiary/aromatic N) is 2. The Morgan fingerprint density at radius 3 is 2.63 bits per heavy atom. The van der Waals surface area contributed by atoms with Gasteiger partial charge in [-0.15, -0.1) is 0 Å². The van der Waals surface area contributed by atoms with Gasteiger partial charge >= 0.3 is 0 Å². The Morgan fingerprint density at radius 2 is 1.89 bits per heavy atom. The minimum atomic E-state index is -0.673. The van der Waals surface area contributed by atoms with E-state index in [1.807, 2.05) is 32.0 Å². The van der Waals surface area contributed by atoms with Gasteiger partial charge < -0.3 is 14.9 Å². The predicted molar refractivity (Wildman–Crippen MR) is 110 cm³/mol. The van der Waals surface area contributed by atoms with Crippen LogP contribution >= 0.6 is 0 Å². The van der Waals surface area contributed by atoms with Crippen molar-refractivity contribution in [1.82, 2.24) is 9.80 Å². The summed E-state index contributed by atoms with van der Waals surface area (Å²) in [4.78, 5) is 17.9. The second kappa shape index (κ2) is 9.20. The van der Waals surface area contributed by atoms with Gasteiger partial charge in [-0.1, -0.05) is 12.1 Å². The van der Waals surface area contributed by atoms with Crippen molar-refractivity contribution >= 4 is 5.91 Å². The van der Waals surface area contributed by atoms with E-state index in [1.165, 1.54) is 32.4 Å². The molecule has 4 nitrogen and oxygen atoms in total. The molecule has 1 amide bonds. The van der Waals surface area contributed by atoms with E-state index in [1.54, 1.807) is 0 Å². The summed E-state index contributed by atoms with van der Waals surface area (Å²) >= 11 is 0. The molecule has 27 heavy (non-hydrogen) atoms. The number of aliphatic hydroxyl groups is 1. The highest BCUT2D eigenvalue weighted by Gasteiger charge is 2.28. The molecule has 0 aromatic heterocycles. The lowest BCUT2D eigenvalue weighted by atomic mass is 9.96. The normalized spacial score (nSPS) is 21.6. The third kappa shape index (κ3) is 6.05. The Morgan fingerprint density at radius 1 is 1.15 bits per heavy atom. The Balaban J connectivity index is 1.63. The first-order valence-corrected chi connectivity index (χ1v) is 10.8. The zero-order valence-electron chi connectivity index (χ0n) is 17.1. The van der Waals surface area contributed by atoms with E-state index in [9.17, 15) is 9.90 Å². The Labute approximate surface area is 164 Å². The van der Waals surface area contributed by atoms with Gasteiger partial charge in [0.25, 0.3) is 5.91 Å². The van der Waals surface area contributed by atoms with Crippen molar-refractivity contribution in [3.05, 3.63) is 35.4 Å². The van der Waals surface area contributed by atoms with E-state index in [4.69, 9.17) is 0 Å². The fourth-order valence-corrected chi connectivity index (χ4v) is 4.38. The molecule has 0 unspecified atom stereocenters. The van der Waals surface area contributed by atoms with Crippen LogP contribution in [0.25, 0.3) is 0 Å². The van der Waals surface area contributed by atoms with Crippen LogP contribution in [0.1, 0.15) is 74.7 Å². The van der Waals surface area contributed by atoms with Crippen molar-refractivity contribution < 1.29 is 9.90 Å². The molecule has 0 aliphatic carbocycles. The Hall–Kier alpha value is -1.39. The predicted octanol–water partition coefficient (Wildman–Crippen LogP) is 3.87. The van der Waals surface area contributed by atoms with Gasteiger partial charge in [-0.25, -0.2) is 0 Å². The lowest BCUT2D eigenvalue weighted by molar-refractivity contribution is 0.0588. The lowest BCUT2D eigenvalue weighted by Gasteiger charge is -2.37. The van der Waals surface area contributed by atoms with E-state index in [2.05, 4.69) is 15.9 Å². The number of hydrogen-bond donors (Lipinski definition) is 1. The average Bonchev–Trinajstić information content (AvgIpc) is 3.18. The number of carbonyl (C=O) groups is 1. The van der Waals surface area contributed by atoms with Gasteiger partial charge in [-0.05, 0) is 96.0 Å². The molecule has 2 fully saturated rings. The second-order valence-corrected chi connectivity index (χ2v) is 9.00. The van der Waals surface area contributed by atoms with Gasteiger partial charge in [0.15, 0.2) is 0 Å². The van der Waals surface area contributed by atoms with Crippen LogP contribution in [0.3, 0.4) is 0 Å². The van der Waals surface area contributed by atoms with Crippen LogP contribution in [0.4, 0.5) is 0 Å². The molecule has 1 N–H and O–H groups in total. The van der Waals surface area contributed by atoms with Crippen molar-refractivity contribution in [3.8, 4) is 0 Å². The Bertz CT molecular complexity index is 617. The van der Waals surface area contributed by atoms with Crippen LogP contribution in [0.5, 0.6) is 0 Å².